The first-order valence-corrected chi connectivity index (χ1v) is 6.75. The second-order valence-electron chi connectivity index (χ2n) is 5.51. The Labute approximate surface area is 113 Å². The first kappa shape index (κ1) is 13.9. The van der Waals surface area contributed by atoms with Crippen LogP contribution in [0.25, 0.3) is 0 Å². The predicted octanol–water partition coefficient (Wildman–Crippen LogP) is 1.85. The minimum Gasteiger partial charge on any atom is -0.507 e. The van der Waals surface area contributed by atoms with Gasteiger partial charge in [-0.25, -0.2) is 0 Å². The standard InChI is InChI=1S/C15H21NO3/c1-3-10-4-7-13(18)12(8-10)14(19)16-15(2,9-17)11-5-6-11/h4,7-8,11,17-18H,3,5-6,9H2,1-2H3,(H,16,19). The molecule has 3 N–H and O–H groups in total. The Hall–Kier alpha value is -1.55. The molecule has 19 heavy (non-hydrogen) atoms. The van der Waals surface area contributed by atoms with E-state index in [4.69, 9.17) is 0 Å². The Morgan fingerprint density at radius 1 is 1.47 bits per heavy atom. The van der Waals surface area contributed by atoms with Gasteiger partial charge in [0.15, 0.2) is 0 Å². The molecule has 1 atom stereocenters. The van der Waals surface area contributed by atoms with Crippen molar-refractivity contribution in [3.63, 3.8) is 0 Å². The van der Waals surface area contributed by atoms with Crippen LogP contribution in [0.1, 0.15) is 42.6 Å². The third kappa shape index (κ3) is 2.89. The lowest BCUT2D eigenvalue weighted by molar-refractivity contribution is 0.0822. The van der Waals surface area contributed by atoms with E-state index in [0.29, 0.717) is 5.92 Å². The van der Waals surface area contributed by atoms with E-state index >= 15 is 0 Å². The van der Waals surface area contributed by atoms with Crippen LogP contribution in [0.4, 0.5) is 0 Å². The lowest BCUT2D eigenvalue weighted by Gasteiger charge is -2.29. The third-order valence-corrected chi connectivity index (χ3v) is 3.92. The molecule has 1 amide bonds. The molecule has 0 radical (unpaired) electrons. The van der Waals surface area contributed by atoms with Crippen molar-refractivity contribution < 1.29 is 15.0 Å². The Kier molecular flexibility index (Phi) is 3.80. The van der Waals surface area contributed by atoms with Crippen molar-refractivity contribution in [3.8, 4) is 5.75 Å². The van der Waals surface area contributed by atoms with Crippen LogP contribution in [0, 0.1) is 5.92 Å². The van der Waals surface area contributed by atoms with E-state index in [1.807, 2.05) is 13.8 Å². The van der Waals surface area contributed by atoms with E-state index in [9.17, 15) is 15.0 Å². The van der Waals surface area contributed by atoms with Crippen molar-refractivity contribution in [2.45, 2.75) is 38.6 Å². The van der Waals surface area contributed by atoms with Crippen LogP contribution in [0.15, 0.2) is 18.2 Å². The summed E-state index contributed by atoms with van der Waals surface area (Å²) in [5.74, 6) is -0.0139. The van der Waals surface area contributed by atoms with Crippen LogP contribution < -0.4 is 5.32 Å². The number of benzene rings is 1. The van der Waals surface area contributed by atoms with Crippen molar-refractivity contribution >= 4 is 5.91 Å². The predicted molar refractivity (Wildman–Crippen MR) is 73.2 cm³/mol. The molecule has 1 fully saturated rings. The summed E-state index contributed by atoms with van der Waals surface area (Å²) in [4.78, 5) is 12.3. The van der Waals surface area contributed by atoms with E-state index in [2.05, 4.69) is 5.32 Å². The zero-order valence-corrected chi connectivity index (χ0v) is 11.4. The van der Waals surface area contributed by atoms with Gasteiger partial charge in [0, 0.05) is 0 Å². The highest BCUT2D eigenvalue weighted by atomic mass is 16.3. The van der Waals surface area contributed by atoms with Gasteiger partial charge < -0.3 is 15.5 Å². The van der Waals surface area contributed by atoms with Gasteiger partial charge in [-0.05, 0) is 49.8 Å². The van der Waals surface area contributed by atoms with Crippen LogP contribution in [0.5, 0.6) is 5.75 Å². The monoisotopic (exact) mass is 263 g/mol. The van der Waals surface area contributed by atoms with Crippen LogP contribution in [0.2, 0.25) is 0 Å². The average molecular weight is 263 g/mol. The molecule has 0 aliphatic heterocycles. The summed E-state index contributed by atoms with van der Waals surface area (Å²) in [6, 6.07) is 5.05. The van der Waals surface area contributed by atoms with Crippen molar-refractivity contribution in [1.82, 2.24) is 5.32 Å². The van der Waals surface area contributed by atoms with Crippen LogP contribution in [-0.4, -0.2) is 28.3 Å². The van der Waals surface area contributed by atoms with Gasteiger partial charge in [0.2, 0.25) is 0 Å². The summed E-state index contributed by atoms with van der Waals surface area (Å²) in [6.45, 7) is 3.76. The van der Waals surface area contributed by atoms with Crippen molar-refractivity contribution in [1.29, 1.82) is 0 Å². The van der Waals surface area contributed by atoms with Gasteiger partial charge in [-0.3, -0.25) is 4.79 Å². The molecule has 2 rings (SSSR count). The molecule has 0 heterocycles. The Balaban J connectivity index is 2.19. The molecule has 104 valence electrons. The number of aliphatic hydroxyl groups is 1. The number of carbonyl (C=O) groups is 1. The summed E-state index contributed by atoms with van der Waals surface area (Å²) in [6.07, 6.45) is 2.86. The molecule has 0 aromatic heterocycles. The van der Waals surface area contributed by atoms with Crippen molar-refractivity contribution in [2.24, 2.45) is 5.92 Å². The molecule has 1 aromatic carbocycles. The second kappa shape index (κ2) is 5.21. The number of carbonyl (C=O) groups excluding carboxylic acids is 1. The second-order valence-corrected chi connectivity index (χ2v) is 5.51. The van der Waals surface area contributed by atoms with Crippen LogP contribution in [0.3, 0.4) is 0 Å². The summed E-state index contributed by atoms with van der Waals surface area (Å²) in [7, 11) is 0. The van der Waals surface area contributed by atoms with Gasteiger partial charge >= 0.3 is 0 Å². The van der Waals surface area contributed by atoms with Gasteiger partial charge in [-0.1, -0.05) is 13.0 Å². The fourth-order valence-corrected chi connectivity index (χ4v) is 2.30. The molecule has 1 aliphatic carbocycles. The maximum Gasteiger partial charge on any atom is 0.255 e. The highest BCUT2D eigenvalue weighted by Gasteiger charge is 2.42. The topological polar surface area (TPSA) is 69.6 Å². The summed E-state index contributed by atoms with van der Waals surface area (Å²) >= 11 is 0. The fourth-order valence-electron chi connectivity index (χ4n) is 2.30. The Morgan fingerprint density at radius 3 is 2.68 bits per heavy atom. The Morgan fingerprint density at radius 2 is 2.16 bits per heavy atom. The first-order valence-electron chi connectivity index (χ1n) is 6.75. The van der Waals surface area contributed by atoms with E-state index in [0.717, 1.165) is 24.8 Å². The summed E-state index contributed by atoms with van der Waals surface area (Å²) < 4.78 is 0. The van der Waals surface area contributed by atoms with Gasteiger partial charge in [-0.15, -0.1) is 0 Å². The number of phenols is 1. The number of phenolic OH excluding ortho intramolecular Hbond substituents is 1. The average Bonchev–Trinajstić information content (AvgIpc) is 3.23. The molecule has 1 aliphatic rings. The fraction of sp³-hybridized carbons (Fsp3) is 0.533. The zero-order valence-electron chi connectivity index (χ0n) is 11.4. The SMILES string of the molecule is CCc1ccc(O)c(C(=O)NC(C)(CO)C2CC2)c1. The quantitative estimate of drug-likeness (QED) is 0.759. The molecule has 0 bridgehead atoms. The molecule has 0 spiro atoms. The minimum atomic E-state index is -0.592. The number of rotatable bonds is 5. The number of hydrogen-bond donors (Lipinski definition) is 3. The third-order valence-electron chi connectivity index (χ3n) is 3.92. The van der Waals surface area contributed by atoms with Gasteiger partial charge in [0.05, 0.1) is 17.7 Å². The van der Waals surface area contributed by atoms with Gasteiger partial charge in [0.25, 0.3) is 5.91 Å². The zero-order chi connectivity index (χ0) is 14.0. The molecule has 4 heteroatoms. The summed E-state index contributed by atoms with van der Waals surface area (Å²) in [5.41, 5.74) is 0.686. The molecular formula is C15H21NO3. The van der Waals surface area contributed by atoms with Crippen molar-refractivity contribution in [3.05, 3.63) is 29.3 Å². The van der Waals surface area contributed by atoms with Crippen LogP contribution >= 0.6 is 0 Å². The molecule has 4 nitrogen and oxygen atoms in total. The van der Waals surface area contributed by atoms with Crippen LogP contribution in [-0.2, 0) is 6.42 Å². The number of aliphatic hydroxyl groups excluding tert-OH is 1. The maximum absolute atomic E-state index is 12.3. The molecular weight excluding hydrogens is 242 g/mol. The van der Waals surface area contributed by atoms with Gasteiger partial charge in [0.1, 0.15) is 5.75 Å². The molecule has 0 saturated heterocycles. The molecule has 1 unspecified atom stereocenters. The molecule has 1 aromatic rings. The highest BCUT2D eigenvalue weighted by Crippen LogP contribution is 2.39. The first-order chi connectivity index (χ1) is 9.00. The van der Waals surface area contributed by atoms with E-state index < -0.39 is 5.54 Å². The lowest BCUT2D eigenvalue weighted by atomic mass is 9.96. The smallest absolute Gasteiger partial charge is 0.255 e. The normalized spacial score (nSPS) is 17.8. The number of hydrogen-bond acceptors (Lipinski definition) is 3. The maximum atomic E-state index is 12.3. The van der Waals surface area contributed by atoms with E-state index in [-0.39, 0.29) is 23.8 Å². The van der Waals surface area contributed by atoms with E-state index in [1.54, 1.807) is 18.2 Å². The van der Waals surface area contributed by atoms with E-state index in [1.165, 1.54) is 0 Å². The number of amides is 1. The lowest BCUT2D eigenvalue weighted by Crippen LogP contribution is -2.50. The number of nitrogens with one attached hydrogen (secondary N) is 1. The van der Waals surface area contributed by atoms with Gasteiger partial charge in [-0.2, -0.15) is 0 Å². The molecule has 1 saturated carbocycles. The minimum absolute atomic E-state index is 0.0224. The van der Waals surface area contributed by atoms with Crippen molar-refractivity contribution in [2.75, 3.05) is 6.61 Å². The Bertz CT molecular complexity index is 482. The number of aromatic hydroxyl groups is 1. The largest absolute Gasteiger partial charge is 0.507 e. The number of aryl methyl sites for hydroxylation is 1. The highest BCUT2D eigenvalue weighted by molar-refractivity contribution is 5.97. The summed E-state index contributed by atoms with van der Waals surface area (Å²) in [5, 5.41) is 22.2.